The highest BCUT2D eigenvalue weighted by atomic mass is 35.5. The molecule has 2 aromatic heterocycles. The first-order chi connectivity index (χ1) is 12.2. The molecular formula is C18H17ClN4OS. The van der Waals surface area contributed by atoms with Crippen LogP contribution in [0.15, 0.2) is 42.6 Å². The van der Waals surface area contributed by atoms with Crippen LogP contribution in [-0.2, 0) is 4.79 Å². The monoisotopic (exact) mass is 372 g/mol. The van der Waals surface area contributed by atoms with Crippen LogP contribution in [0.5, 0.6) is 0 Å². The summed E-state index contributed by atoms with van der Waals surface area (Å²) < 4.78 is 1.18. The van der Waals surface area contributed by atoms with Gasteiger partial charge in [-0.25, -0.2) is 9.97 Å². The number of rotatable bonds is 3. The van der Waals surface area contributed by atoms with Crippen molar-refractivity contribution in [2.45, 2.75) is 12.8 Å². The molecule has 0 saturated carbocycles. The molecule has 7 heteroatoms. The fourth-order valence-electron chi connectivity index (χ4n) is 3.04. The molecule has 4 rings (SSSR count). The molecule has 0 aliphatic carbocycles. The minimum absolute atomic E-state index is 0.000587. The number of thiazole rings is 1. The summed E-state index contributed by atoms with van der Waals surface area (Å²) in [6.45, 7) is 1.61. The third kappa shape index (κ3) is 3.60. The number of para-hydroxylation sites is 1. The van der Waals surface area contributed by atoms with Crippen molar-refractivity contribution < 1.29 is 4.79 Å². The van der Waals surface area contributed by atoms with Crippen LogP contribution in [0.4, 0.5) is 10.9 Å². The molecule has 1 unspecified atom stereocenters. The lowest BCUT2D eigenvalue weighted by Gasteiger charge is -2.31. The number of benzene rings is 1. The van der Waals surface area contributed by atoms with E-state index in [-0.39, 0.29) is 11.8 Å². The zero-order valence-corrected chi connectivity index (χ0v) is 15.1. The number of carbonyl (C=O) groups excluding carboxylic acids is 1. The second kappa shape index (κ2) is 6.98. The number of carbonyl (C=O) groups is 1. The van der Waals surface area contributed by atoms with Gasteiger partial charge in [0.05, 0.1) is 21.2 Å². The molecule has 1 saturated heterocycles. The standard InChI is InChI=1S/C18H17ClN4OS/c19-13-7-8-16(20-10-13)22-17(24)12-4-3-9-23(11-12)18-21-14-5-1-2-6-15(14)25-18/h1-2,5-8,10,12H,3-4,9,11H2,(H,20,22,24). The Morgan fingerprint density at radius 2 is 2.16 bits per heavy atom. The lowest BCUT2D eigenvalue weighted by molar-refractivity contribution is -0.120. The summed E-state index contributed by atoms with van der Waals surface area (Å²) >= 11 is 7.51. The van der Waals surface area contributed by atoms with Crippen LogP contribution in [0.25, 0.3) is 10.2 Å². The van der Waals surface area contributed by atoms with Gasteiger partial charge in [0.15, 0.2) is 5.13 Å². The summed E-state index contributed by atoms with van der Waals surface area (Å²) in [5, 5.41) is 4.43. The number of hydrogen-bond acceptors (Lipinski definition) is 5. The number of pyridine rings is 1. The van der Waals surface area contributed by atoms with Gasteiger partial charge in [-0.05, 0) is 37.1 Å². The Balaban J connectivity index is 1.46. The molecule has 1 atom stereocenters. The molecule has 0 radical (unpaired) electrons. The summed E-state index contributed by atoms with van der Waals surface area (Å²) in [4.78, 5) is 23.6. The Bertz CT molecular complexity index is 862. The van der Waals surface area contributed by atoms with E-state index in [4.69, 9.17) is 16.6 Å². The highest BCUT2D eigenvalue weighted by Crippen LogP contribution is 2.31. The molecule has 0 spiro atoms. The van der Waals surface area contributed by atoms with E-state index in [1.165, 1.54) is 10.9 Å². The fraction of sp³-hybridized carbons (Fsp3) is 0.278. The first kappa shape index (κ1) is 16.3. The zero-order valence-electron chi connectivity index (χ0n) is 13.5. The molecular weight excluding hydrogens is 356 g/mol. The van der Waals surface area contributed by atoms with Crippen molar-refractivity contribution in [3.05, 3.63) is 47.6 Å². The zero-order chi connectivity index (χ0) is 17.2. The Morgan fingerprint density at radius 3 is 2.96 bits per heavy atom. The van der Waals surface area contributed by atoms with Gasteiger partial charge < -0.3 is 10.2 Å². The number of nitrogens with one attached hydrogen (secondary N) is 1. The SMILES string of the molecule is O=C(Nc1ccc(Cl)cn1)C1CCCN(c2nc3ccccc3s2)C1. The number of amides is 1. The molecule has 1 aliphatic heterocycles. The van der Waals surface area contributed by atoms with Crippen LogP contribution in [0.2, 0.25) is 5.02 Å². The maximum absolute atomic E-state index is 12.6. The number of fused-ring (bicyclic) bond motifs is 1. The van der Waals surface area contributed by atoms with E-state index in [9.17, 15) is 4.79 Å². The molecule has 3 aromatic rings. The third-order valence-corrected chi connectivity index (χ3v) is 5.64. The Hall–Kier alpha value is -2.18. The average molecular weight is 373 g/mol. The van der Waals surface area contributed by atoms with Gasteiger partial charge in [0.1, 0.15) is 5.82 Å². The smallest absolute Gasteiger partial charge is 0.230 e. The van der Waals surface area contributed by atoms with Gasteiger partial charge in [0.25, 0.3) is 0 Å². The molecule has 1 aromatic carbocycles. The second-order valence-electron chi connectivity index (χ2n) is 6.10. The van der Waals surface area contributed by atoms with Crippen LogP contribution >= 0.6 is 22.9 Å². The summed E-state index contributed by atoms with van der Waals surface area (Å²) in [6.07, 6.45) is 3.38. The van der Waals surface area contributed by atoms with Gasteiger partial charge >= 0.3 is 0 Å². The van der Waals surface area contributed by atoms with Gasteiger partial charge in [-0.3, -0.25) is 4.79 Å². The lowest BCUT2D eigenvalue weighted by Crippen LogP contribution is -2.40. The number of aromatic nitrogens is 2. The Kier molecular flexibility index (Phi) is 4.55. The van der Waals surface area contributed by atoms with Crippen molar-refractivity contribution >= 4 is 50.0 Å². The topological polar surface area (TPSA) is 58.1 Å². The van der Waals surface area contributed by atoms with Crippen LogP contribution in [0.1, 0.15) is 12.8 Å². The largest absolute Gasteiger partial charge is 0.347 e. The van der Waals surface area contributed by atoms with E-state index >= 15 is 0 Å². The van der Waals surface area contributed by atoms with Crippen molar-refractivity contribution in [3.63, 3.8) is 0 Å². The highest BCUT2D eigenvalue weighted by molar-refractivity contribution is 7.22. The van der Waals surface area contributed by atoms with Gasteiger partial charge in [-0.1, -0.05) is 35.1 Å². The minimum Gasteiger partial charge on any atom is -0.347 e. The molecule has 128 valence electrons. The Morgan fingerprint density at radius 1 is 1.28 bits per heavy atom. The number of halogens is 1. The highest BCUT2D eigenvalue weighted by Gasteiger charge is 2.27. The van der Waals surface area contributed by atoms with Crippen molar-refractivity contribution in [1.29, 1.82) is 0 Å². The second-order valence-corrected chi connectivity index (χ2v) is 7.55. The number of piperidine rings is 1. The van der Waals surface area contributed by atoms with Gasteiger partial charge in [0.2, 0.25) is 5.91 Å². The van der Waals surface area contributed by atoms with E-state index in [0.717, 1.165) is 30.0 Å². The molecule has 1 fully saturated rings. The number of nitrogens with zero attached hydrogens (tertiary/aromatic N) is 3. The Labute approximate surface area is 154 Å². The van der Waals surface area contributed by atoms with Crippen molar-refractivity contribution in [2.24, 2.45) is 5.92 Å². The van der Waals surface area contributed by atoms with E-state index in [1.807, 2.05) is 18.2 Å². The number of anilines is 2. The lowest BCUT2D eigenvalue weighted by atomic mass is 9.97. The normalized spacial score (nSPS) is 17.6. The van der Waals surface area contributed by atoms with E-state index in [1.54, 1.807) is 23.5 Å². The van der Waals surface area contributed by atoms with Gasteiger partial charge in [-0.15, -0.1) is 0 Å². The fourth-order valence-corrected chi connectivity index (χ4v) is 4.15. The van der Waals surface area contributed by atoms with Gasteiger partial charge in [-0.2, -0.15) is 0 Å². The molecule has 1 aliphatic rings. The van der Waals surface area contributed by atoms with Crippen molar-refractivity contribution in [1.82, 2.24) is 9.97 Å². The predicted octanol–water partition coefficient (Wildman–Crippen LogP) is 4.20. The van der Waals surface area contributed by atoms with Crippen LogP contribution < -0.4 is 10.2 Å². The summed E-state index contributed by atoms with van der Waals surface area (Å²) in [6, 6.07) is 11.6. The summed E-state index contributed by atoms with van der Waals surface area (Å²) in [5.41, 5.74) is 1.01. The number of hydrogen-bond donors (Lipinski definition) is 1. The van der Waals surface area contributed by atoms with E-state index < -0.39 is 0 Å². The molecule has 1 amide bonds. The van der Waals surface area contributed by atoms with Crippen molar-refractivity contribution in [2.75, 3.05) is 23.3 Å². The first-order valence-corrected chi connectivity index (χ1v) is 9.41. The average Bonchev–Trinajstić information content (AvgIpc) is 3.08. The molecule has 5 nitrogen and oxygen atoms in total. The van der Waals surface area contributed by atoms with E-state index in [2.05, 4.69) is 21.3 Å². The first-order valence-electron chi connectivity index (χ1n) is 8.22. The minimum atomic E-state index is -0.0711. The predicted molar refractivity (Wildman–Crippen MR) is 102 cm³/mol. The molecule has 0 bridgehead atoms. The maximum atomic E-state index is 12.6. The molecule has 1 N–H and O–H groups in total. The molecule has 3 heterocycles. The summed E-state index contributed by atoms with van der Waals surface area (Å²) in [7, 11) is 0. The van der Waals surface area contributed by atoms with E-state index in [0.29, 0.717) is 17.4 Å². The van der Waals surface area contributed by atoms with Gasteiger partial charge in [0, 0.05) is 19.3 Å². The van der Waals surface area contributed by atoms with Crippen LogP contribution in [-0.4, -0.2) is 29.0 Å². The maximum Gasteiger partial charge on any atom is 0.230 e. The quantitative estimate of drug-likeness (QED) is 0.748. The van der Waals surface area contributed by atoms with Crippen LogP contribution in [0.3, 0.4) is 0 Å². The summed E-state index contributed by atoms with van der Waals surface area (Å²) in [5.74, 6) is 0.463. The van der Waals surface area contributed by atoms with Crippen LogP contribution in [0, 0.1) is 5.92 Å². The molecule has 25 heavy (non-hydrogen) atoms. The van der Waals surface area contributed by atoms with Crippen molar-refractivity contribution in [3.8, 4) is 0 Å². The third-order valence-electron chi connectivity index (χ3n) is 4.32.